The summed E-state index contributed by atoms with van der Waals surface area (Å²) in [6.45, 7) is 8.34. The number of ketones is 1. The van der Waals surface area contributed by atoms with Crippen molar-refractivity contribution in [3.05, 3.63) is 24.3 Å². The van der Waals surface area contributed by atoms with Gasteiger partial charge in [0.2, 0.25) is 0 Å². The summed E-state index contributed by atoms with van der Waals surface area (Å²) in [6.07, 6.45) is 1.00. The summed E-state index contributed by atoms with van der Waals surface area (Å²) in [5.74, 6) is 1.84. The van der Waals surface area contributed by atoms with Crippen molar-refractivity contribution in [3.63, 3.8) is 0 Å². The number of carbonyl (C=O) groups is 3. The molecule has 10 heteroatoms. The first-order chi connectivity index (χ1) is 15.6. The number of rotatable bonds is 6. The van der Waals surface area contributed by atoms with Gasteiger partial charge in [0.05, 0.1) is 6.54 Å². The molecule has 10 nitrogen and oxygen atoms in total. The number of hydrogen-bond donors (Lipinski definition) is 3. The van der Waals surface area contributed by atoms with E-state index >= 15 is 0 Å². The van der Waals surface area contributed by atoms with Crippen LogP contribution < -0.4 is 26.3 Å². The van der Waals surface area contributed by atoms with Crippen LogP contribution in [0.3, 0.4) is 0 Å². The number of amides is 2. The monoisotopic (exact) mass is 466 g/mol. The molecule has 0 aromatic heterocycles. The van der Waals surface area contributed by atoms with E-state index in [-0.39, 0.29) is 36.4 Å². The molecule has 0 unspecified atom stereocenters. The predicted molar refractivity (Wildman–Crippen MR) is 120 cm³/mol. The molecule has 0 spiro atoms. The van der Waals surface area contributed by atoms with E-state index in [1.54, 1.807) is 4.90 Å². The van der Waals surface area contributed by atoms with Crippen molar-refractivity contribution < 1.29 is 40.1 Å². The van der Waals surface area contributed by atoms with Gasteiger partial charge in [-0.3, -0.25) is 9.59 Å². The second kappa shape index (κ2) is 12.4. The Bertz CT molecular complexity index is 810. The first-order valence-electron chi connectivity index (χ1n) is 11.3. The first-order valence-corrected chi connectivity index (χ1v) is 11.3. The summed E-state index contributed by atoms with van der Waals surface area (Å²) < 4.78 is 16.5. The Morgan fingerprint density at radius 1 is 1.15 bits per heavy atom. The molecule has 0 saturated carbocycles. The lowest BCUT2D eigenvalue weighted by molar-refractivity contribution is -0.355. The number of likely N-dealkylation sites (tertiary alicyclic amines) is 1. The Morgan fingerprint density at radius 2 is 1.85 bits per heavy atom. The summed E-state index contributed by atoms with van der Waals surface area (Å²) in [5.41, 5.74) is 6.62. The summed E-state index contributed by atoms with van der Waals surface area (Å²) in [6, 6.07) is 7.50. The minimum Gasteiger partial charge on any atom is -0.486 e. The van der Waals surface area contributed by atoms with Gasteiger partial charge in [-0.1, -0.05) is 12.1 Å². The molecular weight excluding hydrogens is 428 g/mol. The number of nitrogens with zero attached hydrogens (tertiary/aromatic N) is 1. The Kier molecular flexibility index (Phi) is 9.93. The molecule has 0 aliphatic carbocycles. The molecule has 2 aliphatic heterocycles. The highest BCUT2D eigenvalue weighted by molar-refractivity contribution is 5.79. The van der Waals surface area contributed by atoms with Crippen molar-refractivity contribution in [1.82, 2.24) is 10.2 Å². The minimum atomic E-state index is -0.460. The Labute approximate surface area is 194 Å². The molecule has 184 valence electrons. The Hall–Kier alpha value is -2.85. The Morgan fingerprint density at radius 3 is 2.48 bits per heavy atom. The van der Waals surface area contributed by atoms with Crippen LogP contribution in [0.4, 0.5) is 4.79 Å². The molecule has 1 aromatic carbocycles. The number of fused-ring (bicyclic) bond motifs is 1. The van der Waals surface area contributed by atoms with Crippen molar-refractivity contribution in [1.29, 1.82) is 0 Å². The number of quaternary nitrogens is 2. The molecular formula is C23H38N4O6+2. The zero-order valence-corrected chi connectivity index (χ0v) is 19.9. The number of hydrogen-bond acceptors (Lipinski definition) is 6. The second-order valence-corrected chi connectivity index (χ2v) is 9.13. The van der Waals surface area contributed by atoms with E-state index < -0.39 is 5.60 Å². The van der Waals surface area contributed by atoms with Crippen molar-refractivity contribution >= 4 is 17.8 Å². The van der Waals surface area contributed by atoms with Crippen molar-refractivity contribution in [2.75, 3.05) is 39.3 Å². The van der Waals surface area contributed by atoms with Gasteiger partial charge in [-0.05, 0) is 45.2 Å². The maximum Gasteiger partial charge on any atom is 0.410 e. The standard InChI is InChI=1S/C12H22N2O3.C11H14N2O3/c1-12(2,3)17-11(16)14-5-4-9(8-14)6-10(15)7-13;12-5-11(14)13-6-8-7-15-9-3-1-2-4-10(9)16-8/h9H,4-8,13H2,1-3H3;1-4,8H,5-7,12H2,(H,13,14)/p+2/t9-;8-/m00/s1. The molecule has 1 aromatic rings. The molecule has 0 bridgehead atoms. The van der Waals surface area contributed by atoms with E-state index in [2.05, 4.69) is 16.8 Å². The highest BCUT2D eigenvalue weighted by atomic mass is 16.6. The molecule has 2 heterocycles. The Balaban J connectivity index is 0.000000234. The fraction of sp³-hybridized carbons (Fsp3) is 0.609. The van der Waals surface area contributed by atoms with Crippen molar-refractivity contribution in [2.45, 2.75) is 45.3 Å². The van der Waals surface area contributed by atoms with E-state index in [1.165, 1.54) is 0 Å². The fourth-order valence-electron chi connectivity index (χ4n) is 3.40. The highest BCUT2D eigenvalue weighted by Crippen LogP contribution is 2.30. The maximum absolute atomic E-state index is 11.8. The molecule has 2 aliphatic rings. The van der Waals surface area contributed by atoms with E-state index in [9.17, 15) is 14.4 Å². The average Bonchev–Trinajstić information content (AvgIpc) is 3.25. The zero-order valence-electron chi connectivity index (χ0n) is 19.9. The van der Waals surface area contributed by atoms with E-state index in [4.69, 9.17) is 14.2 Å². The van der Waals surface area contributed by atoms with Gasteiger partial charge in [-0.15, -0.1) is 0 Å². The van der Waals surface area contributed by atoms with Gasteiger partial charge in [0.25, 0.3) is 5.91 Å². The van der Waals surface area contributed by atoms with Crippen molar-refractivity contribution in [3.8, 4) is 11.5 Å². The lowest BCUT2D eigenvalue weighted by Gasteiger charge is -2.26. The molecule has 1 saturated heterocycles. The van der Waals surface area contributed by atoms with Crippen LogP contribution in [-0.4, -0.2) is 73.7 Å². The number of nitrogens with one attached hydrogen (secondary N) is 1. The van der Waals surface area contributed by atoms with Gasteiger partial charge < -0.3 is 35.9 Å². The van der Waals surface area contributed by atoms with Gasteiger partial charge in [-0.2, -0.15) is 0 Å². The van der Waals surface area contributed by atoms with E-state index in [0.717, 1.165) is 17.9 Å². The SMILES string of the molecule is CC(C)(C)OC(=O)N1CC[C@@H](CC(=O)C[NH3+])C1.[NH3+]CC(=O)NC[C@H]1COc2ccccc2O1. The van der Waals surface area contributed by atoms with Crippen LogP contribution in [0, 0.1) is 5.92 Å². The zero-order chi connectivity index (χ0) is 24.4. The number of benzene rings is 1. The van der Waals surface area contributed by atoms with Gasteiger partial charge in [0.1, 0.15) is 24.9 Å². The summed E-state index contributed by atoms with van der Waals surface area (Å²) in [4.78, 5) is 35.8. The first kappa shape index (κ1) is 26.4. The largest absolute Gasteiger partial charge is 0.486 e. The van der Waals surface area contributed by atoms with Crippen LogP contribution in [0.25, 0.3) is 0 Å². The quantitative estimate of drug-likeness (QED) is 0.521. The lowest BCUT2D eigenvalue weighted by Crippen LogP contribution is -2.58. The number of Topliss-reactive ketones (excluding diaryl/α,β-unsaturated/α-hetero) is 1. The highest BCUT2D eigenvalue weighted by Gasteiger charge is 2.30. The maximum atomic E-state index is 11.8. The van der Waals surface area contributed by atoms with Crippen LogP contribution in [0.1, 0.15) is 33.6 Å². The molecule has 3 rings (SSSR count). The number of ether oxygens (including phenoxy) is 3. The van der Waals surface area contributed by atoms with Gasteiger partial charge in [0.15, 0.2) is 23.8 Å². The second-order valence-electron chi connectivity index (χ2n) is 9.13. The predicted octanol–water partition coefficient (Wildman–Crippen LogP) is -0.371. The van der Waals surface area contributed by atoms with Gasteiger partial charge in [-0.25, -0.2) is 4.79 Å². The third kappa shape index (κ3) is 9.27. The van der Waals surface area contributed by atoms with Crippen LogP contribution >= 0.6 is 0 Å². The molecule has 1 fully saturated rings. The van der Waals surface area contributed by atoms with Gasteiger partial charge in [0, 0.05) is 19.5 Å². The normalized spacial score (nSPS) is 19.2. The summed E-state index contributed by atoms with van der Waals surface area (Å²) >= 11 is 0. The molecule has 2 amide bonds. The topological polar surface area (TPSA) is 149 Å². The molecule has 2 atom stereocenters. The summed E-state index contributed by atoms with van der Waals surface area (Å²) in [7, 11) is 0. The van der Waals surface area contributed by atoms with Crippen LogP contribution in [0.2, 0.25) is 0 Å². The van der Waals surface area contributed by atoms with Crippen LogP contribution in [-0.2, 0) is 14.3 Å². The molecule has 7 N–H and O–H groups in total. The smallest absolute Gasteiger partial charge is 0.410 e. The lowest BCUT2D eigenvalue weighted by atomic mass is 10.0. The van der Waals surface area contributed by atoms with Crippen LogP contribution in [0.5, 0.6) is 11.5 Å². The average molecular weight is 467 g/mol. The van der Waals surface area contributed by atoms with Crippen LogP contribution in [0.15, 0.2) is 24.3 Å². The molecule has 0 radical (unpaired) electrons. The van der Waals surface area contributed by atoms with E-state index in [0.29, 0.717) is 39.2 Å². The van der Waals surface area contributed by atoms with Gasteiger partial charge >= 0.3 is 6.09 Å². The van der Waals surface area contributed by atoms with E-state index in [1.807, 2.05) is 45.0 Å². The third-order valence-corrected chi connectivity index (χ3v) is 5.05. The third-order valence-electron chi connectivity index (χ3n) is 5.05. The fourth-order valence-corrected chi connectivity index (χ4v) is 3.40. The molecule has 33 heavy (non-hydrogen) atoms. The summed E-state index contributed by atoms with van der Waals surface area (Å²) in [5, 5.41) is 2.73. The minimum absolute atomic E-state index is 0.0811. The number of para-hydroxylation sites is 2. The number of carbonyl (C=O) groups excluding carboxylic acids is 3. The van der Waals surface area contributed by atoms with Crippen molar-refractivity contribution in [2.24, 2.45) is 5.92 Å².